The number of carboxylic acid groups (broad SMARTS) is 1. The first kappa shape index (κ1) is 29.7. The molecule has 5 atom stereocenters. The van der Waals surface area contributed by atoms with Crippen LogP contribution in [0.2, 0.25) is 0 Å². The molecular formula is C20H37N5O6S. The van der Waals surface area contributed by atoms with Gasteiger partial charge in [0.15, 0.2) is 0 Å². The van der Waals surface area contributed by atoms with E-state index in [0.29, 0.717) is 12.8 Å². The van der Waals surface area contributed by atoms with Crippen LogP contribution in [0.5, 0.6) is 0 Å². The zero-order valence-corrected chi connectivity index (χ0v) is 20.0. The SMILES string of the molecule is CCC(C)C(NC(=O)C(N)CC(C)C)C(=O)NC(CCC(N)=O)C(=O)NC(CS)C(=O)O. The summed E-state index contributed by atoms with van der Waals surface area (Å²) >= 11 is 3.89. The van der Waals surface area contributed by atoms with Gasteiger partial charge >= 0.3 is 5.97 Å². The van der Waals surface area contributed by atoms with Gasteiger partial charge in [-0.15, -0.1) is 0 Å². The van der Waals surface area contributed by atoms with Gasteiger partial charge in [-0.3, -0.25) is 19.2 Å². The Bertz CT molecular complexity index is 675. The first-order valence-electron chi connectivity index (χ1n) is 10.6. The van der Waals surface area contributed by atoms with Gasteiger partial charge in [-0.2, -0.15) is 12.6 Å². The van der Waals surface area contributed by atoms with Gasteiger partial charge in [0.1, 0.15) is 18.1 Å². The summed E-state index contributed by atoms with van der Waals surface area (Å²) < 4.78 is 0. The van der Waals surface area contributed by atoms with Gasteiger partial charge in [-0.25, -0.2) is 4.79 Å². The van der Waals surface area contributed by atoms with Gasteiger partial charge in [0.2, 0.25) is 23.6 Å². The third-order valence-corrected chi connectivity index (χ3v) is 5.33. The van der Waals surface area contributed by atoms with Crippen molar-refractivity contribution in [2.75, 3.05) is 5.75 Å². The predicted molar refractivity (Wildman–Crippen MR) is 123 cm³/mol. The van der Waals surface area contributed by atoms with Crippen molar-refractivity contribution in [1.82, 2.24) is 16.0 Å². The van der Waals surface area contributed by atoms with Crippen LogP contribution in [0.25, 0.3) is 0 Å². The Kier molecular flexibility index (Phi) is 13.6. The minimum absolute atomic E-state index is 0.139. The average Bonchev–Trinajstić information content (AvgIpc) is 2.70. The van der Waals surface area contributed by atoms with Crippen LogP contribution in [-0.4, -0.2) is 64.6 Å². The minimum atomic E-state index is -1.29. The molecule has 0 aromatic carbocycles. The molecule has 4 amide bonds. The molecule has 0 saturated heterocycles. The normalized spacial score (nSPS) is 15.7. The van der Waals surface area contributed by atoms with Crippen LogP contribution >= 0.6 is 12.6 Å². The fourth-order valence-corrected chi connectivity index (χ4v) is 3.10. The Morgan fingerprint density at radius 3 is 1.94 bits per heavy atom. The van der Waals surface area contributed by atoms with Crippen LogP contribution in [0.1, 0.15) is 53.4 Å². The van der Waals surface area contributed by atoms with Crippen molar-refractivity contribution in [3.8, 4) is 0 Å². The van der Waals surface area contributed by atoms with Gasteiger partial charge in [0, 0.05) is 12.2 Å². The molecule has 0 saturated carbocycles. The number of primary amides is 1. The summed E-state index contributed by atoms with van der Waals surface area (Å²) in [7, 11) is 0. The fraction of sp³-hybridized carbons (Fsp3) is 0.750. The highest BCUT2D eigenvalue weighted by Gasteiger charge is 2.32. The van der Waals surface area contributed by atoms with E-state index in [1.807, 2.05) is 20.8 Å². The molecule has 0 bridgehead atoms. The minimum Gasteiger partial charge on any atom is -0.480 e. The number of nitrogens with one attached hydrogen (secondary N) is 3. The van der Waals surface area contributed by atoms with Gasteiger partial charge < -0.3 is 32.5 Å². The lowest BCUT2D eigenvalue weighted by molar-refractivity contribution is -0.141. The third-order valence-electron chi connectivity index (χ3n) is 4.96. The number of thiol groups is 1. The molecule has 184 valence electrons. The van der Waals surface area contributed by atoms with Crippen LogP contribution in [0, 0.1) is 11.8 Å². The van der Waals surface area contributed by atoms with Crippen molar-refractivity contribution in [3.63, 3.8) is 0 Å². The molecule has 0 aliphatic rings. The highest BCUT2D eigenvalue weighted by atomic mass is 32.1. The van der Waals surface area contributed by atoms with Crippen molar-refractivity contribution in [3.05, 3.63) is 0 Å². The summed E-state index contributed by atoms with van der Waals surface area (Å²) in [5.74, 6) is -4.19. The van der Waals surface area contributed by atoms with E-state index in [2.05, 4.69) is 28.6 Å². The summed E-state index contributed by atoms with van der Waals surface area (Å²) in [6, 6.07) is -4.28. The Morgan fingerprint density at radius 1 is 0.938 bits per heavy atom. The molecule has 0 heterocycles. The van der Waals surface area contributed by atoms with Gasteiger partial charge in [0.25, 0.3) is 0 Å². The van der Waals surface area contributed by atoms with Gasteiger partial charge in [-0.1, -0.05) is 34.1 Å². The summed E-state index contributed by atoms with van der Waals surface area (Å²) in [4.78, 5) is 60.4. The van der Waals surface area contributed by atoms with Crippen LogP contribution in [-0.2, 0) is 24.0 Å². The first-order valence-corrected chi connectivity index (χ1v) is 11.3. The average molecular weight is 476 g/mol. The van der Waals surface area contributed by atoms with E-state index < -0.39 is 53.8 Å². The highest BCUT2D eigenvalue weighted by molar-refractivity contribution is 7.80. The molecule has 32 heavy (non-hydrogen) atoms. The molecule has 0 rings (SSSR count). The molecule has 0 aromatic heterocycles. The number of carboxylic acids is 1. The molecule has 8 N–H and O–H groups in total. The molecule has 0 spiro atoms. The molecule has 0 radical (unpaired) electrons. The smallest absolute Gasteiger partial charge is 0.327 e. The van der Waals surface area contributed by atoms with E-state index in [1.54, 1.807) is 6.92 Å². The van der Waals surface area contributed by atoms with Gasteiger partial charge in [0.05, 0.1) is 6.04 Å². The number of nitrogens with two attached hydrogens (primary N) is 2. The largest absolute Gasteiger partial charge is 0.480 e. The Hall–Kier alpha value is -2.34. The van der Waals surface area contributed by atoms with Crippen LogP contribution in [0.3, 0.4) is 0 Å². The number of carbonyl (C=O) groups is 5. The Labute approximate surface area is 194 Å². The first-order chi connectivity index (χ1) is 14.8. The summed E-state index contributed by atoms with van der Waals surface area (Å²) in [5, 5.41) is 16.5. The van der Waals surface area contributed by atoms with Crippen molar-refractivity contribution in [2.45, 2.75) is 77.5 Å². The van der Waals surface area contributed by atoms with Crippen molar-refractivity contribution < 1.29 is 29.1 Å². The number of aliphatic carboxylic acids is 1. The molecule has 0 fully saturated rings. The lowest BCUT2D eigenvalue weighted by Gasteiger charge is -2.28. The Balaban J connectivity index is 5.52. The standard InChI is InChI=1S/C20H37N5O6S/c1-5-11(4)16(25-17(27)12(21)8-10(2)3)19(29)23-13(6-7-15(22)26)18(28)24-14(9-32)20(30)31/h10-14,16,32H,5-9,21H2,1-4H3,(H2,22,26)(H,23,29)(H,24,28)(H,25,27)(H,30,31). The summed E-state index contributed by atoms with van der Waals surface area (Å²) in [6.45, 7) is 7.44. The van der Waals surface area contributed by atoms with Gasteiger partial charge in [-0.05, 0) is 24.7 Å². The van der Waals surface area contributed by atoms with Crippen LogP contribution < -0.4 is 27.4 Å². The second kappa shape index (κ2) is 14.7. The van der Waals surface area contributed by atoms with E-state index in [9.17, 15) is 24.0 Å². The summed E-state index contributed by atoms with van der Waals surface area (Å²) in [5.41, 5.74) is 11.1. The number of rotatable bonds is 15. The van der Waals surface area contributed by atoms with E-state index in [1.165, 1.54) is 0 Å². The molecule has 5 unspecified atom stereocenters. The van der Waals surface area contributed by atoms with Crippen molar-refractivity contribution in [2.24, 2.45) is 23.3 Å². The zero-order valence-electron chi connectivity index (χ0n) is 19.1. The van der Waals surface area contributed by atoms with E-state index in [4.69, 9.17) is 16.6 Å². The Morgan fingerprint density at radius 2 is 1.50 bits per heavy atom. The maximum atomic E-state index is 13.0. The van der Waals surface area contributed by atoms with E-state index in [0.717, 1.165) is 0 Å². The number of hydrogen-bond donors (Lipinski definition) is 7. The second-order valence-corrected chi connectivity index (χ2v) is 8.62. The topological polar surface area (TPSA) is 194 Å². The predicted octanol–water partition coefficient (Wildman–Crippen LogP) is -0.860. The number of hydrogen-bond acceptors (Lipinski definition) is 7. The zero-order chi connectivity index (χ0) is 25.0. The summed E-state index contributed by atoms with van der Waals surface area (Å²) in [6.07, 6.45) is 0.637. The van der Waals surface area contributed by atoms with E-state index in [-0.39, 0.29) is 30.4 Å². The number of carbonyl (C=O) groups excluding carboxylic acids is 4. The van der Waals surface area contributed by atoms with E-state index >= 15 is 0 Å². The monoisotopic (exact) mass is 475 g/mol. The fourth-order valence-electron chi connectivity index (χ4n) is 2.85. The molecule has 0 aliphatic carbocycles. The maximum absolute atomic E-state index is 13.0. The van der Waals surface area contributed by atoms with Crippen LogP contribution in [0.4, 0.5) is 0 Å². The molecule has 11 nitrogen and oxygen atoms in total. The molecule has 0 aliphatic heterocycles. The molecule has 12 heteroatoms. The third kappa shape index (κ3) is 10.8. The molecular weight excluding hydrogens is 438 g/mol. The van der Waals surface area contributed by atoms with Crippen LogP contribution in [0.15, 0.2) is 0 Å². The lowest BCUT2D eigenvalue weighted by atomic mass is 9.96. The quantitative estimate of drug-likeness (QED) is 0.150. The maximum Gasteiger partial charge on any atom is 0.327 e. The number of amides is 4. The second-order valence-electron chi connectivity index (χ2n) is 8.26. The van der Waals surface area contributed by atoms with Crippen molar-refractivity contribution >= 4 is 42.2 Å². The lowest BCUT2D eigenvalue weighted by Crippen LogP contribution is -2.59. The van der Waals surface area contributed by atoms with Crippen molar-refractivity contribution in [1.29, 1.82) is 0 Å². The molecule has 0 aromatic rings. The highest BCUT2D eigenvalue weighted by Crippen LogP contribution is 2.11.